The zero-order valence-corrected chi connectivity index (χ0v) is 89.7. The van der Waals surface area contributed by atoms with Crippen LogP contribution in [0.2, 0.25) is 0 Å². The lowest BCUT2D eigenvalue weighted by Gasteiger charge is -2.25. The molecule has 0 radical (unpaired) electrons. The molecule has 28 heteroatoms. The maximum Gasteiger partial charge on any atom is 0.185 e. The Bertz CT molecular complexity index is 6650. The van der Waals surface area contributed by atoms with Gasteiger partial charge in [0.25, 0.3) is 0 Å². The summed E-state index contributed by atoms with van der Waals surface area (Å²) in [4.78, 5) is 54.4. The molecular formula is C117H127F4N15OS8. The summed E-state index contributed by atoms with van der Waals surface area (Å²) in [5.74, 6) is -1.19. The Labute approximate surface area is 884 Å². The zero-order chi connectivity index (χ0) is 99.7. The smallest absolute Gasteiger partial charge is 0.185 e. The summed E-state index contributed by atoms with van der Waals surface area (Å²) in [7, 11) is 1.71. The highest BCUT2D eigenvalue weighted by Gasteiger charge is 2.25. The molecule has 0 aliphatic carbocycles. The molecule has 8 aromatic heterocycles. The van der Waals surface area contributed by atoms with Crippen LogP contribution in [-0.4, -0.2) is 139 Å². The Kier molecular flexibility index (Phi) is 38.9. The monoisotopic (exact) mass is 2090 g/mol. The van der Waals surface area contributed by atoms with Crippen molar-refractivity contribution in [1.29, 1.82) is 0 Å². The Hall–Kier alpha value is -11.9. The summed E-state index contributed by atoms with van der Waals surface area (Å²) in [6.45, 7) is 22.3. The van der Waals surface area contributed by atoms with Crippen LogP contribution in [0.25, 0.3) is 101 Å². The van der Waals surface area contributed by atoms with Gasteiger partial charge in [0.15, 0.2) is 47.6 Å². The molecule has 752 valence electrons. The van der Waals surface area contributed by atoms with Crippen LogP contribution in [0, 0.1) is 44.0 Å². The number of halogens is 4. The summed E-state index contributed by atoms with van der Waals surface area (Å²) in [6, 6.07) is 70.9. The SMILES string of the molecule is COc1ccccc1-c1csc(N2CCCCC2)n1.Cc1ccc(C)c(-c2csc(N3CCCCC3)n2)c1.Cc1cccc(-c2csc(N3CCCCC3)n2)c1.Fc1ccc(-c2csc(-c3ccccc3)n2)cc1.Fc1ccc(-c2csc(N3CCCCC3)n2)cc1.Fc1ccc(-c2csc(N3CCCCC3)n2)cc1F.c1ccc(-c2csc(N3CCCCC3)n2)cc1.c1ccc(-c2csc(N3CCCCC3)n2)cc1. The summed E-state index contributed by atoms with van der Waals surface area (Å²) < 4.78 is 57.3. The second-order valence-corrected chi connectivity index (χ2v) is 43.8. The predicted octanol–water partition coefficient (Wildman–Crippen LogP) is 32.6. The molecule has 145 heavy (non-hydrogen) atoms. The average molecular weight is 2090 g/mol. The third-order valence-corrected chi connectivity index (χ3v) is 33.6. The number of nitrogens with zero attached hydrogens (tertiary/aromatic N) is 15. The first kappa shape index (κ1) is 105. The minimum Gasteiger partial charge on any atom is -0.496 e. The number of rotatable bonds is 17. The molecule has 15 heterocycles. The van der Waals surface area contributed by atoms with Crippen LogP contribution in [0.4, 0.5) is 53.5 Å². The molecule has 7 aliphatic rings. The van der Waals surface area contributed by atoms with Crippen LogP contribution in [0.15, 0.2) is 267 Å². The number of hydrogen-bond acceptors (Lipinski definition) is 24. The number of methoxy groups -OCH3 is 1. The van der Waals surface area contributed by atoms with E-state index in [1.54, 1.807) is 128 Å². The lowest BCUT2D eigenvalue weighted by molar-refractivity contribution is 0.416. The van der Waals surface area contributed by atoms with Gasteiger partial charge in [-0.2, -0.15) is 0 Å². The molecule has 7 fully saturated rings. The van der Waals surface area contributed by atoms with Crippen molar-refractivity contribution >= 4 is 127 Å². The van der Waals surface area contributed by atoms with Crippen molar-refractivity contribution in [2.75, 3.05) is 133 Å². The second kappa shape index (κ2) is 54.0. The Balaban J connectivity index is 0.000000114. The molecule has 0 atom stereocenters. The fourth-order valence-corrected chi connectivity index (χ4v) is 25.3. The largest absolute Gasteiger partial charge is 0.496 e. The fourth-order valence-electron chi connectivity index (χ4n) is 18.3. The Morgan fingerprint density at radius 1 is 0.221 bits per heavy atom. The van der Waals surface area contributed by atoms with Gasteiger partial charge < -0.3 is 39.0 Å². The minimum absolute atomic E-state index is 0.203. The van der Waals surface area contributed by atoms with Gasteiger partial charge in [-0.25, -0.2) is 57.4 Å². The third kappa shape index (κ3) is 30.0. The molecule has 7 saturated heterocycles. The van der Waals surface area contributed by atoms with Gasteiger partial charge in [-0.1, -0.05) is 145 Å². The predicted molar refractivity (Wildman–Crippen MR) is 609 cm³/mol. The van der Waals surface area contributed by atoms with Crippen LogP contribution in [0.3, 0.4) is 0 Å². The molecule has 0 bridgehead atoms. The molecule has 16 nitrogen and oxygen atoms in total. The average Bonchev–Trinajstić information content (AvgIpc) is 1.68. The van der Waals surface area contributed by atoms with Crippen molar-refractivity contribution in [2.24, 2.45) is 0 Å². The van der Waals surface area contributed by atoms with E-state index in [2.05, 4.69) is 199 Å². The lowest BCUT2D eigenvalue weighted by Crippen LogP contribution is -2.29. The number of ether oxygens (including phenoxy) is 1. The van der Waals surface area contributed by atoms with E-state index in [-0.39, 0.29) is 11.6 Å². The van der Waals surface area contributed by atoms with Crippen LogP contribution >= 0.6 is 90.7 Å². The van der Waals surface area contributed by atoms with Crippen LogP contribution in [0.5, 0.6) is 5.75 Å². The molecule has 0 N–H and O–H groups in total. The van der Waals surface area contributed by atoms with Gasteiger partial charge in [0.2, 0.25) is 0 Å². The number of piperidine rings is 7. The molecule has 9 aromatic carbocycles. The van der Waals surface area contributed by atoms with Crippen molar-refractivity contribution in [3.05, 3.63) is 307 Å². The van der Waals surface area contributed by atoms with E-state index >= 15 is 0 Å². The van der Waals surface area contributed by atoms with Crippen LogP contribution < -0.4 is 39.0 Å². The number of hydrogen-bond donors (Lipinski definition) is 0. The fraction of sp³-hybridized carbons (Fsp3) is 0.333. The van der Waals surface area contributed by atoms with Crippen LogP contribution in [0.1, 0.15) is 152 Å². The first-order chi connectivity index (χ1) is 71.2. The van der Waals surface area contributed by atoms with Gasteiger partial charge in [0, 0.05) is 185 Å². The van der Waals surface area contributed by atoms with Crippen molar-refractivity contribution in [3.8, 4) is 106 Å². The summed E-state index contributed by atoms with van der Waals surface area (Å²) in [5.41, 5.74) is 21.6. The molecule has 24 rings (SSSR count). The van der Waals surface area contributed by atoms with E-state index in [0.717, 1.165) is 134 Å². The zero-order valence-electron chi connectivity index (χ0n) is 83.1. The number of benzene rings is 9. The molecule has 17 aromatic rings. The summed E-state index contributed by atoms with van der Waals surface area (Å²) >= 11 is 13.6. The van der Waals surface area contributed by atoms with Gasteiger partial charge in [0.1, 0.15) is 22.4 Å². The minimum atomic E-state index is -0.829. The van der Waals surface area contributed by atoms with Gasteiger partial charge in [0.05, 0.1) is 52.7 Å². The maximum absolute atomic E-state index is 13.2. The molecule has 0 unspecified atom stereocenters. The van der Waals surface area contributed by atoms with Crippen molar-refractivity contribution < 1.29 is 22.3 Å². The van der Waals surface area contributed by atoms with E-state index in [9.17, 15) is 17.6 Å². The normalized spacial score (nSPS) is 15.2. The van der Waals surface area contributed by atoms with E-state index in [4.69, 9.17) is 29.7 Å². The number of aromatic nitrogens is 8. The highest BCUT2D eigenvalue weighted by molar-refractivity contribution is 7.16. The summed E-state index contributed by atoms with van der Waals surface area (Å²) in [5, 5.41) is 25.7. The lowest BCUT2D eigenvalue weighted by atomic mass is 10.0. The van der Waals surface area contributed by atoms with Gasteiger partial charge >= 0.3 is 0 Å². The standard InChI is InChI=1S/C16H20N2S.C15H10FNS.C15H18N2OS.C15H18N2S.C14H14F2N2S.C14H15FN2S.2C14H16N2S/c1-12-6-7-13(2)14(10-12)15-11-19-16(17-15)18-8-4-3-5-9-18;16-13-8-6-11(7-9-13)14-10-18-15(17-14)12-4-2-1-3-5-12;1-18-14-8-4-3-7-12(14)13-11-19-15(16-13)17-9-5-2-6-10-17;1-12-6-5-7-13(10-12)14-11-18-15(16-14)17-8-3-2-4-9-17;15-11-5-4-10(8-12(11)16)13-9-19-14(17-13)18-6-2-1-3-7-18;15-12-6-4-11(5-7-12)13-10-18-14(16-13)17-8-2-1-3-9-17;2*1-3-7-12(8-4-1)13-11-17-14(15-13)16-9-5-2-6-10-16/h6-7,10-11H,3-5,8-9H2,1-2H3;1-10H;3-4,7-8,11H,2,5-6,9-10H2,1H3;5-7,10-11H,2-4,8-9H2,1H3;4-5,8-9H,1-3,6-7H2;4-7,10H,1-3,8-9H2;2*1,3-4,7-8,11H,2,5-6,9-10H2. The number of thiazole rings is 8. The highest BCUT2D eigenvalue weighted by Crippen LogP contribution is 2.40. The van der Waals surface area contributed by atoms with Crippen molar-refractivity contribution in [3.63, 3.8) is 0 Å². The van der Waals surface area contributed by atoms with Crippen molar-refractivity contribution in [2.45, 2.75) is 156 Å². The second-order valence-electron chi connectivity index (χ2n) is 37.1. The molecule has 0 amide bonds. The molecule has 7 aliphatic heterocycles. The first-order valence-corrected chi connectivity index (χ1v) is 58.1. The highest BCUT2D eigenvalue weighted by atomic mass is 32.1. The quantitative estimate of drug-likeness (QED) is 0.0799. The third-order valence-electron chi connectivity index (χ3n) is 26.4. The number of para-hydroxylation sites is 1. The maximum atomic E-state index is 13.2. The summed E-state index contributed by atoms with van der Waals surface area (Å²) in [6.07, 6.45) is 27.3. The Morgan fingerprint density at radius 2 is 0.497 bits per heavy atom. The molecule has 0 spiro atoms. The van der Waals surface area contributed by atoms with E-state index in [1.807, 2.05) is 71.4 Å². The first-order valence-electron chi connectivity index (χ1n) is 51.0. The van der Waals surface area contributed by atoms with E-state index in [0.29, 0.717) is 11.3 Å². The van der Waals surface area contributed by atoms with Crippen LogP contribution in [-0.2, 0) is 0 Å². The molecular weight excluding hydrogens is 1960 g/mol. The molecule has 0 saturated carbocycles. The topological polar surface area (TPSA) is 135 Å². The van der Waals surface area contributed by atoms with Gasteiger partial charge in [-0.05, 0) is 252 Å². The van der Waals surface area contributed by atoms with E-state index in [1.165, 1.54) is 277 Å². The van der Waals surface area contributed by atoms with Gasteiger partial charge in [-0.15, -0.1) is 90.7 Å². The van der Waals surface area contributed by atoms with E-state index < -0.39 is 11.6 Å². The Morgan fingerprint density at radius 3 is 0.848 bits per heavy atom. The number of aryl methyl sites for hydroxylation is 3. The number of anilines is 7. The van der Waals surface area contributed by atoms with Gasteiger partial charge in [-0.3, -0.25) is 0 Å². The van der Waals surface area contributed by atoms with Crippen molar-refractivity contribution in [1.82, 2.24) is 39.9 Å².